The molecule has 1 aromatic heterocycles. The van der Waals surface area contributed by atoms with Gasteiger partial charge in [-0.3, -0.25) is 4.79 Å². The van der Waals surface area contributed by atoms with Crippen LogP contribution in [-0.4, -0.2) is 37.2 Å². The fraction of sp³-hybridized carbons (Fsp3) is 0.105. The summed E-state index contributed by atoms with van der Waals surface area (Å²) >= 11 is 0. The van der Waals surface area contributed by atoms with Gasteiger partial charge in [-0.2, -0.15) is 0 Å². The predicted molar refractivity (Wildman–Crippen MR) is 98.1 cm³/mol. The summed E-state index contributed by atoms with van der Waals surface area (Å²) < 4.78 is 27.1. The fourth-order valence-corrected chi connectivity index (χ4v) is 3.95. The molecular weight excluding hydrogens is 336 g/mol. The van der Waals surface area contributed by atoms with Crippen molar-refractivity contribution in [2.75, 3.05) is 14.1 Å². The Morgan fingerprint density at radius 3 is 2.32 bits per heavy atom. The van der Waals surface area contributed by atoms with Crippen LogP contribution < -0.4 is 0 Å². The van der Waals surface area contributed by atoms with Crippen LogP contribution in [0.25, 0.3) is 10.9 Å². The van der Waals surface area contributed by atoms with Gasteiger partial charge in [0, 0.05) is 43.5 Å². The third-order valence-electron chi connectivity index (χ3n) is 3.77. The molecular formula is C19H18N2O3S. The van der Waals surface area contributed by atoms with Gasteiger partial charge in [-0.15, -0.1) is 0 Å². The first-order valence-electron chi connectivity index (χ1n) is 7.71. The van der Waals surface area contributed by atoms with E-state index in [1.165, 1.54) is 28.4 Å². The highest BCUT2D eigenvalue weighted by Gasteiger charge is 2.22. The van der Waals surface area contributed by atoms with Crippen LogP contribution in [0.5, 0.6) is 0 Å². The molecule has 0 aliphatic heterocycles. The van der Waals surface area contributed by atoms with Crippen LogP contribution >= 0.6 is 0 Å². The largest absolute Gasteiger partial charge is 0.383 e. The average molecular weight is 354 g/mol. The first-order chi connectivity index (χ1) is 11.9. The second kappa shape index (κ2) is 6.57. The molecule has 0 saturated heterocycles. The highest BCUT2D eigenvalue weighted by atomic mass is 32.2. The minimum atomic E-state index is -3.78. The standard InChI is InChI=1S/C19H18N2O3S/c1-20(2)13-12-19(22)17-14-21(18-11-7-6-10-16(17)18)25(23,24)15-8-4-3-5-9-15/h3-14H,1-2H3. The van der Waals surface area contributed by atoms with Crippen LogP contribution in [0.1, 0.15) is 10.4 Å². The number of aromatic nitrogens is 1. The zero-order valence-electron chi connectivity index (χ0n) is 14.0. The van der Waals surface area contributed by atoms with E-state index in [-0.39, 0.29) is 10.7 Å². The molecule has 5 nitrogen and oxygen atoms in total. The molecule has 0 bridgehead atoms. The van der Waals surface area contributed by atoms with Crippen LogP contribution in [0.4, 0.5) is 0 Å². The van der Waals surface area contributed by atoms with Gasteiger partial charge in [0.1, 0.15) is 0 Å². The normalized spacial score (nSPS) is 11.9. The van der Waals surface area contributed by atoms with E-state index in [2.05, 4.69) is 0 Å². The van der Waals surface area contributed by atoms with Crippen molar-refractivity contribution in [1.82, 2.24) is 8.87 Å². The van der Waals surface area contributed by atoms with Crippen molar-refractivity contribution < 1.29 is 13.2 Å². The summed E-state index contributed by atoms with van der Waals surface area (Å²) in [7, 11) is -0.155. The minimum absolute atomic E-state index is 0.179. The lowest BCUT2D eigenvalue weighted by molar-refractivity contribution is 0.104. The number of benzene rings is 2. The van der Waals surface area contributed by atoms with E-state index in [1.54, 1.807) is 53.6 Å². The molecule has 0 saturated carbocycles. The van der Waals surface area contributed by atoms with Gasteiger partial charge in [0.15, 0.2) is 5.78 Å². The molecule has 0 radical (unpaired) electrons. The van der Waals surface area contributed by atoms with Gasteiger partial charge in [-0.25, -0.2) is 12.4 Å². The zero-order valence-corrected chi connectivity index (χ0v) is 14.8. The second-order valence-electron chi connectivity index (χ2n) is 5.82. The maximum Gasteiger partial charge on any atom is 0.268 e. The number of allylic oxidation sites excluding steroid dienone is 1. The second-order valence-corrected chi connectivity index (χ2v) is 7.63. The van der Waals surface area contributed by atoms with Gasteiger partial charge >= 0.3 is 0 Å². The summed E-state index contributed by atoms with van der Waals surface area (Å²) in [4.78, 5) is 14.4. The molecule has 0 unspecified atom stereocenters. The quantitative estimate of drug-likeness (QED) is 0.522. The first-order valence-corrected chi connectivity index (χ1v) is 9.15. The van der Waals surface area contributed by atoms with Crippen molar-refractivity contribution >= 4 is 26.7 Å². The number of nitrogens with zero attached hydrogens (tertiary/aromatic N) is 2. The van der Waals surface area contributed by atoms with E-state index in [1.807, 2.05) is 14.1 Å². The number of hydrogen-bond donors (Lipinski definition) is 0. The van der Waals surface area contributed by atoms with E-state index in [0.29, 0.717) is 16.5 Å². The van der Waals surface area contributed by atoms with Crippen LogP contribution in [-0.2, 0) is 10.0 Å². The van der Waals surface area contributed by atoms with Crippen molar-refractivity contribution in [2.24, 2.45) is 0 Å². The Morgan fingerprint density at radius 1 is 1.00 bits per heavy atom. The van der Waals surface area contributed by atoms with Gasteiger partial charge in [-0.1, -0.05) is 36.4 Å². The smallest absolute Gasteiger partial charge is 0.268 e. The van der Waals surface area contributed by atoms with Crippen molar-refractivity contribution in [2.45, 2.75) is 4.90 Å². The lowest BCUT2D eigenvalue weighted by atomic mass is 10.1. The molecule has 0 aliphatic carbocycles. The molecule has 2 aromatic carbocycles. The third kappa shape index (κ3) is 3.21. The van der Waals surface area contributed by atoms with Crippen LogP contribution in [0.3, 0.4) is 0 Å². The molecule has 0 amide bonds. The third-order valence-corrected chi connectivity index (χ3v) is 5.46. The molecule has 3 aromatic rings. The van der Waals surface area contributed by atoms with Crippen molar-refractivity contribution in [3.63, 3.8) is 0 Å². The molecule has 0 N–H and O–H groups in total. The summed E-state index contributed by atoms with van der Waals surface area (Å²) in [5, 5.41) is 0.607. The minimum Gasteiger partial charge on any atom is -0.383 e. The number of carbonyl (C=O) groups is 1. The number of rotatable bonds is 5. The summed E-state index contributed by atoms with van der Waals surface area (Å²) in [6, 6.07) is 15.2. The highest BCUT2D eigenvalue weighted by Crippen LogP contribution is 2.26. The summed E-state index contributed by atoms with van der Waals surface area (Å²) in [5.74, 6) is -0.244. The van der Waals surface area contributed by atoms with Crippen molar-refractivity contribution in [1.29, 1.82) is 0 Å². The molecule has 1 heterocycles. The Labute approximate surface area is 146 Å². The van der Waals surface area contributed by atoms with Crippen molar-refractivity contribution in [3.05, 3.63) is 78.6 Å². The lowest BCUT2D eigenvalue weighted by Crippen LogP contribution is -2.11. The van der Waals surface area contributed by atoms with E-state index in [0.717, 1.165) is 0 Å². The predicted octanol–water partition coefficient (Wildman–Crippen LogP) is 3.14. The summed E-state index contributed by atoms with van der Waals surface area (Å²) in [6.07, 6.45) is 4.47. The van der Waals surface area contributed by atoms with Crippen LogP contribution in [0, 0.1) is 0 Å². The van der Waals surface area contributed by atoms with E-state index < -0.39 is 10.0 Å². The summed E-state index contributed by atoms with van der Waals surface area (Å²) in [6.45, 7) is 0. The SMILES string of the molecule is CN(C)C=CC(=O)c1cn(S(=O)(=O)c2ccccc2)c2ccccc12. The number of fused-ring (bicyclic) bond motifs is 1. The number of para-hydroxylation sites is 1. The van der Waals surface area contributed by atoms with Gasteiger partial charge in [-0.05, 0) is 18.2 Å². The Balaban J connectivity index is 2.20. The van der Waals surface area contributed by atoms with Gasteiger partial charge < -0.3 is 4.90 Å². The zero-order chi connectivity index (χ0) is 18.0. The number of carbonyl (C=O) groups excluding carboxylic acids is 1. The Morgan fingerprint density at radius 2 is 1.64 bits per heavy atom. The topological polar surface area (TPSA) is 59.4 Å². The van der Waals surface area contributed by atoms with E-state index in [4.69, 9.17) is 0 Å². The van der Waals surface area contributed by atoms with Gasteiger partial charge in [0.2, 0.25) is 0 Å². The van der Waals surface area contributed by atoms with Gasteiger partial charge in [0.05, 0.1) is 10.4 Å². The molecule has 0 spiro atoms. The Hall–Kier alpha value is -2.86. The van der Waals surface area contributed by atoms with Gasteiger partial charge in [0.25, 0.3) is 10.0 Å². The monoisotopic (exact) mass is 354 g/mol. The van der Waals surface area contributed by atoms with E-state index >= 15 is 0 Å². The molecule has 128 valence electrons. The highest BCUT2D eigenvalue weighted by molar-refractivity contribution is 7.90. The fourth-order valence-electron chi connectivity index (χ4n) is 2.56. The number of hydrogen-bond acceptors (Lipinski definition) is 4. The lowest BCUT2D eigenvalue weighted by Gasteiger charge is -2.07. The molecule has 25 heavy (non-hydrogen) atoms. The van der Waals surface area contributed by atoms with Crippen LogP contribution in [0.2, 0.25) is 0 Å². The first kappa shape index (κ1) is 17.0. The van der Waals surface area contributed by atoms with E-state index in [9.17, 15) is 13.2 Å². The molecule has 3 rings (SSSR count). The molecule has 0 atom stereocenters. The number of ketones is 1. The summed E-state index contributed by atoms with van der Waals surface area (Å²) in [5.41, 5.74) is 0.834. The van der Waals surface area contributed by atoms with Crippen molar-refractivity contribution in [3.8, 4) is 0 Å². The Bertz CT molecular complexity index is 1050. The average Bonchev–Trinajstić information content (AvgIpc) is 3.01. The van der Waals surface area contributed by atoms with Crippen LogP contribution in [0.15, 0.2) is 78.0 Å². The molecule has 0 aliphatic rings. The maximum absolute atomic E-state index is 13.0. The maximum atomic E-state index is 13.0. The molecule has 6 heteroatoms. The molecule has 0 fully saturated rings. The Kier molecular flexibility index (Phi) is 4.46.